The van der Waals surface area contributed by atoms with Crippen LogP contribution in [-0.4, -0.2) is 53.2 Å². The number of rotatable bonds is 9. The molecule has 2 N–H and O–H groups in total. The summed E-state index contributed by atoms with van der Waals surface area (Å²) in [6.07, 6.45) is -1.03. The molecule has 140 valence electrons. The quantitative estimate of drug-likeness (QED) is 0.476. The molecule has 0 spiro atoms. The van der Waals surface area contributed by atoms with Crippen LogP contribution < -0.4 is 10.0 Å². The highest BCUT2D eigenvalue weighted by atomic mass is 32.2. The van der Waals surface area contributed by atoms with Gasteiger partial charge in [-0.3, -0.25) is 9.59 Å². The first kappa shape index (κ1) is 21.1. The minimum absolute atomic E-state index is 0.0637. The topological polar surface area (TPSA) is 111 Å². The molecule has 0 fully saturated rings. The first-order chi connectivity index (χ1) is 11.7. The van der Waals surface area contributed by atoms with Crippen molar-refractivity contribution in [3.63, 3.8) is 0 Å². The summed E-state index contributed by atoms with van der Waals surface area (Å²) in [5.41, 5.74) is 1.79. The summed E-state index contributed by atoms with van der Waals surface area (Å²) < 4.78 is 36.2. The molecule has 1 amide bonds. The normalized spacial score (nSPS) is 12.5. The van der Waals surface area contributed by atoms with E-state index in [4.69, 9.17) is 9.47 Å². The third kappa shape index (κ3) is 6.81. The molecule has 0 bridgehead atoms. The Bertz CT molecular complexity index is 717. The van der Waals surface area contributed by atoms with Gasteiger partial charge in [-0.2, -0.15) is 4.72 Å². The number of methoxy groups -OCH3 is 1. The van der Waals surface area contributed by atoms with E-state index < -0.39 is 34.5 Å². The SMILES string of the molecule is COCCNC(=O)[C@H](C)OC(=O)CNS(=O)(=O)c1ccc(C)c(C)c1. The number of carbonyl (C=O) groups excluding carboxylic acids is 2. The standard InChI is InChI=1S/C16H24N2O6S/c1-11-5-6-14(9-12(11)2)25(21,22)18-10-15(19)24-13(3)16(20)17-7-8-23-4/h5-6,9,13,18H,7-8,10H2,1-4H3,(H,17,20)/t13-/m0/s1. The number of aryl methyl sites for hydroxylation is 2. The van der Waals surface area contributed by atoms with Crippen molar-refractivity contribution in [2.45, 2.75) is 31.8 Å². The fourth-order valence-corrected chi connectivity index (χ4v) is 2.88. The molecule has 0 unspecified atom stereocenters. The zero-order valence-corrected chi connectivity index (χ0v) is 15.6. The first-order valence-electron chi connectivity index (χ1n) is 7.70. The lowest BCUT2D eigenvalue weighted by Gasteiger charge is -2.14. The molecule has 0 aromatic heterocycles. The molecule has 1 aromatic rings. The molecule has 0 radical (unpaired) electrons. The number of sulfonamides is 1. The van der Waals surface area contributed by atoms with Crippen molar-refractivity contribution in [3.8, 4) is 0 Å². The maximum atomic E-state index is 12.2. The number of hydrogen-bond donors (Lipinski definition) is 2. The lowest BCUT2D eigenvalue weighted by atomic mass is 10.1. The van der Waals surface area contributed by atoms with E-state index in [-0.39, 0.29) is 11.4 Å². The third-order valence-corrected chi connectivity index (χ3v) is 4.88. The highest BCUT2D eigenvalue weighted by molar-refractivity contribution is 7.89. The molecule has 0 saturated carbocycles. The summed E-state index contributed by atoms with van der Waals surface area (Å²) in [6, 6.07) is 4.67. The van der Waals surface area contributed by atoms with Gasteiger partial charge >= 0.3 is 5.97 Å². The van der Waals surface area contributed by atoms with Crippen LogP contribution in [0.15, 0.2) is 23.1 Å². The van der Waals surface area contributed by atoms with E-state index in [1.807, 2.05) is 6.92 Å². The van der Waals surface area contributed by atoms with Crippen molar-refractivity contribution in [2.75, 3.05) is 26.8 Å². The van der Waals surface area contributed by atoms with Crippen LogP contribution in [0, 0.1) is 13.8 Å². The minimum atomic E-state index is -3.84. The van der Waals surface area contributed by atoms with Crippen LogP contribution in [0.5, 0.6) is 0 Å². The maximum absolute atomic E-state index is 12.2. The predicted octanol–water partition coefficient (Wildman–Crippen LogP) is 0.276. The summed E-state index contributed by atoms with van der Waals surface area (Å²) in [5, 5.41) is 2.52. The van der Waals surface area contributed by atoms with Crippen molar-refractivity contribution in [3.05, 3.63) is 29.3 Å². The molecule has 0 saturated heterocycles. The Balaban J connectivity index is 2.54. The third-order valence-electron chi connectivity index (χ3n) is 3.48. The molecule has 9 heteroatoms. The van der Waals surface area contributed by atoms with Crippen molar-refractivity contribution < 1.29 is 27.5 Å². The van der Waals surface area contributed by atoms with E-state index in [1.165, 1.54) is 26.2 Å². The first-order valence-corrected chi connectivity index (χ1v) is 9.18. The average molecular weight is 372 g/mol. The van der Waals surface area contributed by atoms with E-state index in [0.29, 0.717) is 6.61 Å². The number of nitrogens with one attached hydrogen (secondary N) is 2. The Kier molecular flexibility index (Phi) is 8.01. The zero-order chi connectivity index (χ0) is 19.0. The van der Waals surface area contributed by atoms with Gasteiger partial charge in [0.1, 0.15) is 6.54 Å². The second-order valence-corrected chi connectivity index (χ2v) is 7.25. The van der Waals surface area contributed by atoms with Gasteiger partial charge in [0, 0.05) is 13.7 Å². The largest absolute Gasteiger partial charge is 0.452 e. The number of esters is 1. The summed E-state index contributed by atoms with van der Waals surface area (Å²) in [6.45, 7) is 5.13. The molecule has 1 aromatic carbocycles. The van der Waals surface area contributed by atoms with Gasteiger partial charge < -0.3 is 14.8 Å². The van der Waals surface area contributed by atoms with Gasteiger partial charge in [0.05, 0.1) is 11.5 Å². The second-order valence-electron chi connectivity index (χ2n) is 5.49. The highest BCUT2D eigenvalue weighted by Crippen LogP contribution is 2.14. The van der Waals surface area contributed by atoms with Gasteiger partial charge in [0.2, 0.25) is 10.0 Å². The molecular weight excluding hydrogens is 348 g/mol. The molecule has 0 aliphatic carbocycles. The molecule has 25 heavy (non-hydrogen) atoms. The van der Waals surface area contributed by atoms with E-state index in [0.717, 1.165) is 11.1 Å². The van der Waals surface area contributed by atoms with Crippen LogP contribution in [-0.2, 0) is 29.1 Å². The monoisotopic (exact) mass is 372 g/mol. The Hall–Kier alpha value is -1.97. The van der Waals surface area contributed by atoms with E-state index >= 15 is 0 Å². The number of amides is 1. The van der Waals surface area contributed by atoms with Crippen LogP contribution in [0.25, 0.3) is 0 Å². The summed E-state index contributed by atoms with van der Waals surface area (Å²) in [5.74, 6) is -1.33. The fraction of sp³-hybridized carbons (Fsp3) is 0.500. The van der Waals surface area contributed by atoms with Gasteiger partial charge in [0.15, 0.2) is 6.10 Å². The Morgan fingerprint density at radius 1 is 1.20 bits per heavy atom. The van der Waals surface area contributed by atoms with Gasteiger partial charge in [-0.1, -0.05) is 6.07 Å². The Morgan fingerprint density at radius 3 is 2.48 bits per heavy atom. The van der Waals surface area contributed by atoms with Gasteiger partial charge in [-0.25, -0.2) is 8.42 Å². The van der Waals surface area contributed by atoms with Crippen molar-refractivity contribution in [1.82, 2.24) is 10.0 Å². The number of benzene rings is 1. The zero-order valence-electron chi connectivity index (χ0n) is 14.8. The van der Waals surface area contributed by atoms with Gasteiger partial charge in [0.25, 0.3) is 5.91 Å². The Labute approximate surface area is 147 Å². The average Bonchev–Trinajstić information content (AvgIpc) is 2.55. The fourth-order valence-electron chi connectivity index (χ4n) is 1.83. The molecule has 1 atom stereocenters. The van der Waals surface area contributed by atoms with Crippen LogP contribution in [0.4, 0.5) is 0 Å². The smallest absolute Gasteiger partial charge is 0.321 e. The van der Waals surface area contributed by atoms with Crippen LogP contribution in [0.2, 0.25) is 0 Å². The minimum Gasteiger partial charge on any atom is -0.452 e. The lowest BCUT2D eigenvalue weighted by molar-refractivity contribution is -0.153. The summed E-state index contributed by atoms with van der Waals surface area (Å²) in [4.78, 5) is 23.5. The van der Waals surface area contributed by atoms with Crippen LogP contribution in [0.1, 0.15) is 18.1 Å². The molecule has 8 nitrogen and oxygen atoms in total. The van der Waals surface area contributed by atoms with Crippen LogP contribution in [0.3, 0.4) is 0 Å². The summed E-state index contributed by atoms with van der Waals surface area (Å²) >= 11 is 0. The van der Waals surface area contributed by atoms with Gasteiger partial charge in [-0.15, -0.1) is 0 Å². The van der Waals surface area contributed by atoms with Gasteiger partial charge in [-0.05, 0) is 44.0 Å². The van der Waals surface area contributed by atoms with Crippen molar-refractivity contribution in [1.29, 1.82) is 0 Å². The van der Waals surface area contributed by atoms with E-state index in [2.05, 4.69) is 10.0 Å². The summed E-state index contributed by atoms with van der Waals surface area (Å²) in [7, 11) is -2.34. The molecule has 0 aliphatic heterocycles. The molecule has 1 rings (SSSR count). The van der Waals surface area contributed by atoms with E-state index in [1.54, 1.807) is 13.0 Å². The number of carbonyl (C=O) groups is 2. The number of ether oxygens (including phenoxy) is 2. The predicted molar refractivity (Wildman–Crippen MR) is 91.5 cm³/mol. The Morgan fingerprint density at radius 2 is 1.88 bits per heavy atom. The number of hydrogen-bond acceptors (Lipinski definition) is 6. The van der Waals surface area contributed by atoms with E-state index in [9.17, 15) is 18.0 Å². The molecule has 0 aliphatic rings. The molecular formula is C16H24N2O6S. The maximum Gasteiger partial charge on any atom is 0.321 e. The van der Waals surface area contributed by atoms with Crippen molar-refractivity contribution in [2.24, 2.45) is 0 Å². The lowest BCUT2D eigenvalue weighted by Crippen LogP contribution is -2.39. The molecule has 0 heterocycles. The van der Waals surface area contributed by atoms with Crippen LogP contribution >= 0.6 is 0 Å². The second kappa shape index (κ2) is 9.50. The highest BCUT2D eigenvalue weighted by Gasteiger charge is 2.20. The van der Waals surface area contributed by atoms with Crippen molar-refractivity contribution >= 4 is 21.9 Å².